The lowest BCUT2D eigenvalue weighted by Crippen LogP contribution is -2.42. The Kier molecular flexibility index (Phi) is 6.80. The number of benzene rings is 1. The standard InChI is InChI=1S/C24H31F2N3O/c25-23(26)15-29-9-7-19(8-10-29)18-3-1-16(2-4-18)11-17(14-27)12-22(30)24-20-5-6-21(13-20)28-24/h1-4,17,19-21,23-24,28H,5-13,15H2/t17-,20+,21-,24+/m1/s1. The summed E-state index contributed by atoms with van der Waals surface area (Å²) in [6.45, 7) is 1.30. The predicted octanol–water partition coefficient (Wildman–Crippen LogP) is 3.91. The molecule has 0 unspecified atom stereocenters. The molecule has 2 aliphatic heterocycles. The number of halogens is 2. The Morgan fingerprint density at radius 2 is 1.90 bits per heavy atom. The third-order valence-corrected chi connectivity index (χ3v) is 7.25. The minimum Gasteiger partial charge on any atom is -0.304 e. The van der Waals surface area contributed by atoms with Crippen LogP contribution in [-0.4, -0.2) is 48.8 Å². The van der Waals surface area contributed by atoms with E-state index in [4.69, 9.17) is 0 Å². The molecule has 1 N–H and O–H groups in total. The number of rotatable bonds is 8. The first kappa shape index (κ1) is 21.4. The van der Waals surface area contributed by atoms with E-state index in [1.165, 1.54) is 12.0 Å². The van der Waals surface area contributed by atoms with E-state index in [2.05, 4.69) is 35.7 Å². The fraction of sp³-hybridized carbons (Fsp3) is 0.667. The molecule has 4 nitrogen and oxygen atoms in total. The normalized spacial score (nSPS) is 28.0. The fourth-order valence-electron chi connectivity index (χ4n) is 5.60. The van der Waals surface area contributed by atoms with Crippen molar-refractivity contribution in [1.82, 2.24) is 10.2 Å². The molecule has 4 atom stereocenters. The van der Waals surface area contributed by atoms with E-state index in [0.717, 1.165) is 31.2 Å². The molecular weight excluding hydrogens is 384 g/mol. The summed E-state index contributed by atoms with van der Waals surface area (Å²) in [7, 11) is 0. The zero-order chi connectivity index (χ0) is 21.1. The molecule has 3 aliphatic rings. The van der Waals surface area contributed by atoms with Gasteiger partial charge in [0.2, 0.25) is 0 Å². The van der Waals surface area contributed by atoms with Gasteiger partial charge >= 0.3 is 0 Å². The number of hydrogen-bond donors (Lipinski definition) is 1. The Labute approximate surface area is 177 Å². The van der Waals surface area contributed by atoms with Crippen molar-refractivity contribution < 1.29 is 13.6 Å². The maximum absolute atomic E-state index is 12.7. The number of nitriles is 1. The molecular formula is C24H31F2N3O. The molecule has 0 amide bonds. The smallest absolute Gasteiger partial charge is 0.251 e. The lowest BCUT2D eigenvalue weighted by molar-refractivity contribution is -0.122. The van der Waals surface area contributed by atoms with Crippen molar-refractivity contribution in [2.45, 2.75) is 69.4 Å². The van der Waals surface area contributed by atoms with Gasteiger partial charge in [0.25, 0.3) is 6.43 Å². The highest BCUT2D eigenvalue weighted by Gasteiger charge is 2.42. The highest BCUT2D eigenvalue weighted by Crippen LogP contribution is 2.36. The number of piperidine rings is 2. The molecule has 3 fully saturated rings. The summed E-state index contributed by atoms with van der Waals surface area (Å²) in [6, 6.07) is 11.1. The number of carbonyl (C=O) groups excluding carboxylic acids is 1. The number of fused-ring (bicyclic) bond motifs is 2. The maximum Gasteiger partial charge on any atom is 0.251 e. The molecule has 162 valence electrons. The van der Waals surface area contributed by atoms with Crippen LogP contribution in [0.1, 0.15) is 55.6 Å². The Bertz CT molecular complexity index is 768. The minimum atomic E-state index is -2.26. The fourth-order valence-corrected chi connectivity index (χ4v) is 5.60. The van der Waals surface area contributed by atoms with Gasteiger partial charge in [0.1, 0.15) is 0 Å². The van der Waals surface area contributed by atoms with Gasteiger partial charge in [-0.15, -0.1) is 0 Å². The van der Waals surface area contributed by atoms with Gasteiger partial charge in [-0.2, -0.15) is 5.26 Å². The van der Waals surface area contributed by atoms with Crippen LogP contribution in [0.3, 0.4) is 0 Å². The lowest BCUT2D eigenvalue weighted by Gasteiger charge is -2.31. The Morgan fingerprint density at radius 1 is 1.17 bits per heavy atom. The zero-order valence-electron chi connectivity index (χ0n) is 17.4. The molecule has 4 rings (SSSR count). The number of Topliss-reactive ketones (excluding diaryl/α,β-unsaturated/α-hetero) is 1. The van der Waals surface area contributed by atoms with Gasteiger partial charge in [0.15, 0.2) is 5.78 Å². The van der Waals surface area contributed by atoms with Gasteiger partial charge in [-0.1, -0.05) is 24.3 Å². The molecule has 6 heteroatoms. The molecule has 1 saturated carbocycles. The predicted molar refractivity (Wildman–Crippen MR) is 111 cm³/mol. The highest BCUT2D eigenvalue weighted by atomic mass is 19.3. The zero-order valence-corrected chi connectivity index (χ0v) is 17.4. The van der Waals surface area contributed by atoms with E-state index in [0.29, 0.717) is 43.8 Å². The molecule has 2 saturated heterocycles. The van der Waals surface area contributed by atoms with Crippen molar-refractivity contribution in [3.63, 3.8) is 0 Å². The quantitative estimate of drug-likeness (QED) is 0.699. The SMILES string of the molecule is N#C[C@@H](CC(=O)[C@H]1N[C@@H]2CC[C@H]1C2)Cc1ccc(C2CCN(CC(F)F)CC2)cc1. The molecule has 1 aliphatic carbocycles. The summed E-state index contributed by atoms with van der Waals surface area (Å²) in [5, 5.41) is 13.0. The number of ketones is 1. The molecule has 0 spiro atoms. The number of carbonyl (C=O) groups is 1. The summed E-state index contributed by atoms with van der Waals surface area (Å²) in [4.78, 5) is 14.5. The first-order valence-electron chi connectivity index (χ1n) is 11.3. The van der Waals surface area contributed by atoms with E-state index in [-0.39, 0.29) is 24.3 Å². The van der Waals surface area contributed by atoms with Crippen LogP contribution in [0.15, 0.2) is 24.3 Å². The number of nitrogens with zero attached hydrogens (tertiary/aromatic N) is 2. The van der Waals surface area contributed by atoms with Crippen molar-refractivity contribution in [1.29, 1.82) is 5.26 Å². The maximum atomic E-state index is 12.7. The molecule has 0 radical (unpaired) electrons. The van der Waals surface area contributed by atoms with E-state index < -0.39 is 6.43 Å². The van der Waals surface area contributed by atoms with Crippen LogP contribution in [0.25, 0.3) is 0 Å². The Balaban J connectivity index is 1.27. The second kappa shape index (κ2) is 9.53. The van der Waals surface area contributed by atoms with Gasteiger partial charge in [-0.25, -0.2) is 8.78 Å². The Hall–Kier alpha value is -1.84. The largest absolute Gasteiger partial charge is 0.304 e. The van der Waals surface area contributed by atoms with Crippen LogP contribution in [0.2, 0.25) is 0 Å². The first-order chi connectivity index (χ1) is 14.5. The molecule has 1 aromatic rings. The second-order valence-electron chi connectivity index (χ2n) is 9.32. The summed E-state index contributed by atoms with van der Waals surface area (Å²) < 4.78 is 25.1. The summed E-state index contributed by atoms with van der Waals surface area (Å²) in [6.07, 6.45) is 3.87. The van der Waals surface area contributed by atoms with E-state index in [1.807, 2.05) is 4.90 Å². The van der Waals surface area contributed by atoms with E-state index in [9.17, 15) is 18.8 Å². The Morgan fingerprint density at radius 3 is 2.47 bits per heavy atom. The number of alkyl halides is 2. The van der Waals surface area contributed by atoms with Crippen LogP contribution >= 0.6 is 0 Å². The van der Waals surface area contributed by atoms with Crippen LogP contribution in [0.5, 0.6) is 0 Å². The molecule has 1 aromatic carbocycles. The summed E-state index contributed by atoms with van der Waals surface area (Å²) >= 11 is 0. The summed E-state index contributed by atoms with van der Waals surface area (Å²) in [5.74, 6) is 0.779. The number of nitrogens with one attached hydrogen (secondary N) is 1. The van der Waals surface area contributed by atoms with Crippen LogP contribution in [0, 0.1) is 23.2 Å². The number of hydrogen-bond acceptors (Lipinski definition) is 4. The molecule has 2 bridgehead atoms. The highest BCUT2D eigenvalue weighted by molar-refractivity contribution is 5.85. The van der Waals surface area contributed by atoms with E-state index >= 15 is 0 Å². The minimum absolute atomic E-state index is 0.0436. The second-order valence-corrected chi connectivity index (χ2v) is 9.32. The average Bonchev–Trinajstić information content (AvgIpc) is 3.38. The van der Waals surface area contributed by atoms with Gasteiger partial charge in [0.05, 0.1) is 24.6 Å². The van der Waals surface area contributed by atoms with Crippen molar-refractivity contribution >= 4 is 5.78 Å². The van der Waals surface area contributed by atoms with Crippen LogP contribution in [0.4, 0.5) is 8.78 Å². The lowest BCUT2D eigenvalue weighted by atomic mass is 9.86. The molecule has 30 heavy (non-hydrogen) atoms. The topological polar surface area (TPSA) is 56.1 Å². The van der Waals surface area contributed by atoms with Gasteiger partial charge in [-0.05, 0) is 74.6 Å². The van der Waals surface area contributed by atoms with Crippen molar-refractivity contribution in [3.05, 3.63) is 35.4 Å². The summed E-state index contributed by atoms with van der Waals surface area (Å²) in [5.41, 5.74) is 2.32. The van der Waals surface area contributed by atoms with Gasteiger partial charge < -0.3 is 5.32 Å². The third-order valence-electron chi connectivity index (χ3n) is 7.25. The molecule has 0 aromatic heterocycles. The van der Waals surface area contributed by atoms with Crippen molar-refractivity contribution in [2.24, 2.45) is 11.8 Å². The van der Waals surface area contributed by atoms with Gasteiger partial charge in [-0.3, -0.25) is 9.69 Å². The van der Waals surface area contributed by atoms with Crippen molar-refractivity contribution in [3.8, 4) is 6.07 Å². The van der Waals surface area contributed by atoms with Crippen molar-refractivity contribution in [2.75, 3.05) is 19.6 Å². The van der Waals surface area contributed by atoms with Crippen LogP contribution < -0.4 is 5.32 Å². The first-order valence-corrected chi connectivity index (χ1v) is 11.3. The third kappa shape index (κ3) is 5.07. The molecule has 2 heterocycles. The number of likely N-dealkylation sites (tertiary alicyclic amines) is 1. The van der Waals surface area contributed by atoms with E-state index in [1.54, 1.807) is 0 Å². The average molecular weight is 416 g/mol. The van der Waals surface area contributed by atoms with Crippen LogP contribution in [-0.2, 0) is 11.2 Å². The monoisotopic (exact) mass is 415 g/mol. The van der Waals surface area contributed by atoms with Gasteiger partial charge in [0, 0.05) is 12.5 Å².